The summed E-state index contributed by atoms with van der Waals surface area (Å²) in [7, 11) is 1.61. The van der Waals surface area contributed by atoms with E-state index in [0.29, 0.717) is 0 Å². The highest BCUT2D eigenvalue weighted by atomic mass is 16.7. The molecule has 1 aromatic carbocycles. The van der Waals surface area contributed by atoms with Crippen LogP contribution >= 0.6 is 0 Å². The lowest BCUT2D eigenvalue weighted by molar-refractivity contribution is 0.0478. The van der Waals surface area contributed by atoms with Crippen LogP contribution in [0.5, 0.6) is 5.75 Å². The van der Waals surface area contributed by atoms with Gasteiger partial charge in [0, 0.05) is 13.0 Å². The number of aliphatic hydroxyl groups is 1. The second-order valence-electron chi connectivity index (χ2n) is 4.55. The average Bonchev–Trinajstić information content (AvgIpc) is 2.37. The highest BCUT2D eigenvalue weighted by Crippen LogP contribution is 2.37. The lowest BCUT2D eigenvalue weighted by atomic mass is 9.81. The highest BCUT2D eigenvalue weighted by Gasteiger charge is 2.26. The Labute approximate surface area is 102 Å². The number of hydrogen-bond donors (Lipinski definition) is 1. The zero-order valence-electron chi connectivity index (χ0n) is 10.3. The number of ether oxygens (including phenoxy) is 2. The molecule has 1 aromatic rings. The normalized spacial score (nSPS) is 24.6. The molecule has 1 N–H and O–H groups in total. The first-order chi connectivity index (χ1) is 8.33. The van der Waals surface area contributed by atoms with Crippen LogP contribution in [0.25, 0.3) is 0 Å². The standard InChI is InChI=1S/C14H20O3/c1-16-10-17-14-9-5-3-7-12(14)11-6-2-4-8-13(11)15/h3,5,7,9,11,13,15H,2,4,6,8,10H2,1H3/t11-,13+/m0/s1. The monoisotopic (exact) mass is 236 g/mol. The molecule has 0 saturated heterocycles. The number of methoxy groups -OCH3 is 1. The summed E-state index contributed by atoms with van der Waals surface area (Å²) < 4.78 is 10.5. The van der Waals surface area contributed by atoms with E-state index in [4.69, 9.17) is 9.47 Å². The largest absolute Gasteiger partial charge is 0.467 e. The van der Waals surface area contributed by atoms with E-state index >= 15 is 0 Å². The molecule has 94 valence electrons. The summed E-state index contributed by atoms with van der Waals surface area (Å²) >= 11 is 0. The Bertz CT molecular complexity index is 351. The van der Waals surface area contributed by atoms with Gasteiger partial charge in [-0.15, -0.1) is 0 Å². The molecule has 0 bridgehead atoms. The van der Waals surface area contributed by atoms with Crippen molar-refractivity contribution in [2.24, 2.45) is 0 Å². The van der Waals surface area contributed by atoms with E-state index in [1.54, 1.807) is 7.11 Å². The van der Waals surface area contributed by atoms with Crippen molar-refractivity contribution in [1.29, 1.82) is 0 Å². The van der Waals surface area contributed by atoms with Crippen LogP contribution < -0.4 is 4.74 Å². The topological polar surface area (TPSA) is 38.7 Å². The van der Waals surface area contributed by atoms with Crippen LogP contribution in [0.1, 0.15) is 37.2 Å². The molecule has 0 radical (unpaired) electrons. The molecule has 1 aliphatic rings. The van der Waals surface area contributed by atoms with Crippen molar-refractivity contribution in [2.75, 3.05) is 13.9 Å². The van der Waals surface area contributed by atoms with Gasteiger partial charge in [0.25, 0.3) is 0 Å². The minimum atomic E-state index is -0.240. The van der Waals surface area contributed by atoms with E-state index in [9.17, 15) is 5.11 Å². The van der Waals surface area contributed by atoms with E-state index in [2.05, 4.69) is 0 Å². The summed E-state index contributed by atoms with van der Waals surface area (Å²) in [6.07, 6.45) is 3.99. The van der Waals surface area contributed by atoms with Gasteiger partial charge in [-0.2, -0.15) is 0 Å². The third kappa shape index (κ3) is 2.99. The number of para-hydroxylation sites is 1. The minimum absolute atomic E-state index is 0.205. The minimum Gasteiger partial charge on any atom is -0.467 e. The smallest absolute Gasteiger partial charge is 0.188 e. The molecule has 2 atom stereocenters. The molecule has 0 aliphatic heterocycles. The molecule has 2 rings (SSSR count). The summed E-state index contributed by atoms with van der Waals surface area (Å²) in [5, 5.41) is 10.1. The maximum absolute atomic E-state index is 10.1. The second kappa shape index (κ2) is 6.03. The van der Waals surface area contributed by atoms with Gasteiger partial charge >= 0.3 is 0 Å². The molecule has 0 heterocycles. The number of benzene rings is 1. The molecule has 1 fully saturated rings. The van der Waals surface area contributed by atoms with Crippen LogP contribution in [0, 0.1) is 0 Å². The van der Waals surface area contributed by atoms with Crippen molar-refractivity contribution >= 4 is 0 Å². The summed E-state index contributed by atoms with van der Waals surface area (Å²) in [4.78, 5) is 0. The molecular weight excluding hydrogens is 216 g/mol. The molecule has 1 aliphatic carbocycles. The van der Waals surface area contributed by atoms with E-state index < -0.39 is 0 Å². The summed E-state index contributed by atoms with van der Waals surface area (Å²) in [5.41, 5.74) is 1.11. The van der Waals surface area contributed by atoms with Crippen LogP contribution in [0.2, 0.25) is 0 Å². The van der Waals surface area contributed by atoms with E-state index in [-0.39, 0.29) is 18.8 Å². The summed E-state index contributed by atoms with van der Waals surface area (Å²) in [6.45, 7) is 0.250. The third-order valence-electron chi connectivity index (χ3n) is 3.38. The SMILES string of the molecule is COCOc1ccccc1[C@@H]1CCCC[C@H]1O. The molecular formula is C14H20O3. The zero-order valence-corrected chi connectivity index (χ0v) is 10.3. The van der Waals surface area contributed by atoms with Gasteiger partial charge in [0.05, 0.1) is 6.10 Å². The van der Waals surface area contributed by atoms with Gasteiger partial charge in [-0.1, -0.05) is 31.0 Å². The van der Waals surface area contributed by atoms with Gasteiger partial charge in [0.1, 0.15) is 5.75 Å². The lowest BCUT2D eigenvalue weighted by Crippen LogP contribution is -2.23. The Balaban J connectivity index is 2.17. The first kappa shape index (κ1) is 12.4. The van der Waals surface area contributed by atoms with Crippen molar-refractivity contribution in [2.45, 2.75) is 37.7 Å². The van der Waals surface area contributed by atoms with E-state index in [1.807, 2.05) is 24.3 Å². The predicted molar refractivity (Wildman–Crippen MR) is 66.2 cm³/mol. The van der Waals surface area contributed by atoms with Crippen LogP contribution in [0.3, 0.4) is 0 Å². The van der Waals surface area contributed by atoms with Gasteiger partial charge in [0.15, 0.2) is 6.79 Å². The Hall–Kier alpha value is -1.06. The van der Waals surface area contributed by atoms with Crippen molar-refractivity contribution in [1.82, 2.24) is 0 Å². The Morgan fingerprint density at radius 2 is 2.00 bits per heavy atom. The van der Waals surface area contributed by atoms with Crippen molar-refractivity contribution < 1.29 is 14.6 Å². The molecule has 0 aromatic heterocycles. The maximum Gasteiger partial charge on any atom is 0.188 e. The van der Waals surface area contributed by atoms with Crippen molar-refractivity contribution in [3.8, 4) is 5.75 Å². The summed E-state index contributed by atoms with van der Waals surface area (Å²) in [6, 6.07) is 7.93. The average molecular weight is 236 g/mol. The lowest BCUT2D eigenvalue weighted by Gasteiger charge is -2.29. The van der Waals surface area contributed by atoms with E-state index in [0.717, 1.165) is 30.6 Å². The quantitative estimate of drug-likeness (QED) is 0.817. The Morgan fingerprint density at radius 1 is 1.24 bits per heavy atom. The van der Waals surface area contributed by atoms with Crippen LogP contribution in [-0.4, -0.2) is 25.1 Å². The molecule has 17 heavy (non-hydrogen) atoms. The fourth-order valence-corrected chi connectivity index (χ4v) is 2.51. The molecule has 0 unspecified atom stereocenters. The van der Waals surface area contributed by atoms with Gasteiger partial charge < -0.3 is 14.6 Å². The fourth-order valence-electron chi connectivity index (χ4n) is 2.51. The molecule has 3 nitrogen and oxygen atoms in total. The second-order valence-corrected chi connectivity index (χ2v) is 4.55. The van der Waals surface area contributed by atoms with E-state index in [1.165, 1.54) is 6.42 Å². The molecule has 3 heteroatoms. The fraction of sp³-hybridized carbons (Fsp3) is 0.571. The highest BCUT2D eigenvalue weighted by molar-refractivity contribution is 5.37. The van der Waals surface area contributed by atoms with Crippen LogP contribution in [0.4, 0.5) is 0 Å². The van der Waals surface area contributed by atoms with Crippen molar-refractivity contribution in [3.63, 3.8) is 0 Å². The molecule has 0 amide bonds. The van der Waals surface area contributed by atoms with Crippen LogP contribution in [0.15, 0.2) is 24.3 Å². The van der Waals surface area contributed by atoms with Gasteiger partial charge in [-0.3, -0.25) is 0 Å². The van der Waals surface area contributed by atoms with Crippen LogP contribution in [-0.2, 0) is 4.74 Å². The summed E-state index contributed by atoms with van der Waals surface area (Å²) in [5.74, 6) is 1.04. The first-order valence-corrected chi connectivity index (χ1v) is 6.21. The van der Waals surface area contributed by atoms with Crippen molar-refractivity contribution in [3.05, 3.63) is 29.8 Å². The Kier molecular flexibility index (Phi) is 4.40. The van der Waals surface area contributed by atoms with Gasteiger partial charge in [-0.25, -0.2) is 0 Å². The number of aliphatic hydroxyl groups excluding tert-OH is 1. The molecule has 0 spiro atoms. The van der Waals surface area contributed by atoms with Gasteiger partial charge in [-0.05, 0) is 24.5 Å². The predicted octanol–water partition coefficient (Wildman–Crippen LogP) is 2.69. The first-order valence-electron chi connectivity index (χ1n) is 6.21. The zero-order chi connectivity index (χ0) is 12.1. The molecule has 1 saturated carbocycles. The maximum atomic E-state index is 10.1. The number of hydrogen-bond acceptors (Lipinski definition) is 3. The van der Waals surface area contributed by atoms with Gasteiger partial charge in [0.2, 0.25) is 0 Å². The third-order valence-corrected chi connectivity index (χ3v) is 3.38. The Morgan fingerprint density at radius 3 is 2.76 bits per heavy atom. The number of rotatable bonds is 4.